The predicted octanol–water partition coefficient (Wildman–Crippen LogP) is 5.28. The summed E-state index contributed by atoms with van der Waals surface area (Å²) in [5.41, 5.74) is 1.15. The third-order valence-electron chi connectivity index (χ3n) is 5.60. The number of hydrogen-bond donors (Lipinski definition) is 3. The smallest absolute Gasteiger partial charge is 0.327 e. The van der Waals surface area contributed by atoms with E-state index in [2.05, 4.69) is 32.5 Å². The highest BCUT2D eigenvalue weighted by Gasteiger charge is 2.24. The first-order valence-corrected chi connectivity index (χ1v) is 12.9. The zero-order valence-electron chi connectivity index (χ0n) is 23.2. The number of nitrogens with one attached hydrogen (secondary N) is 3. The molecule has 0 unspecified atom stereocenters. The van der Waals surface area contributed by atoms with Crippen LogP contribution in [0.1, 0.15) is 0 Å². The molecule has 0 aliphatic rings. The largest absolute Gasteiger partial charge is 0.495 e. The number of rotatable bonds is 12. The van der Waals surface area contributed by atoms with Crippen molar-refractivity contribution in [1.29, 1.82) is 0 Å². The molecule has 218 valence electrons. The summed E-state index contributed by atoms with van der Waals surface area (Å²) in [5, 5.41) is 8.82. The summed E-state index contributed by atoms with van der Waals surface area (Å²) in [4.78, 5) is 36.7. The third-order valence-corrected chi connectivity index (χ3v) is 6.33. The number of carbonyl (C=O) groups is 2. The Morgan fingerprint density at radius 2 is 1.61 bits per heavy atom. The molecule has 3 rings (SSSR count). The van der Waals surface area contributed by atoms with Gasteiger partial charge in [0.05, 0.1) is 31.3 Å². The van der Waals surface area contributed by atoms with Crippen LogP contribution in [0.2, 0.25) is 10.0 Å². The Kier molecular flexibility index (Phi) is 11.0. The van der Waals surface area contributed by atoms with Gasteiger partial charge in [-0.1, -0.05) is 29.8 Å². The van der Waals surface area contributed by atoms with Crippen LogP contribution in [0.15, 0.2) is 49.3 Å². The van der Waals surface area contributed by atoms with Gasteiger partial charge in [-0.2, -0.15) is 0 Å². The van der Waals surface area contributed by atoms with Gasteiger partial charge in [0.15, 0.2) is 0 Å². The molecule has 1 aromatic heterocycles. The van der Waals surface area contributed by atoms with Crippen LogP contribution in [0, 0.1) is 0 Å². The Labute approximate surface area is 248 Å². The van der Waals surface area contributed by atoms with Crippen molar-refractivity contribution in [1.82, 2.24) is 14.9 Å². The first-order valence-electron chi connectivity index (χ1n) is 12.2. The topological polar surface area (TPSA) is 130 Å². The lowest BCUT2D eigenvalue weighted by molar-refractivity contribution is -0.111. The van der Waals surface area contributed by atoms with Crippen molar-refractivity contribution in [2.45, 2.75) is 0 Å². The van der Waals surface area contributed by atoms with E-state index in [0.717, 1.165) is 12.6 Å². The second-order valence-corrected chi connectivity index (χ2v) is 9.47. The maximum absolute atomic E-state index is 13.1. The van der Waals surface area contributed by atoms with Crippen LogP contribution < -0.4 is 35.1 Å². The summed E-state index contributed by atoms with van der Waals surface area (Å²) in [6.07, 6.45) is 2.43. The fourth-order valence-corrected chi connectivity index (χ4v) is 4.20. The highest BCUT2D eigenvalue weighted by molar-refractivity contribution is 6.42. The molecule has 3 N–H and O–H groups in total. The normalized spacial score (nSPS) is 10.5. The fourth-order valence-electron chi connectivity index (χ4n) is 3.45. The average Bonchev–Trinajstić information content (AvgIpc) is 2.94. The number of nitrogens with zero attached hydrogens (tertiary/aromatic N) is 4. The number of aromatic nitrogens is 2. The average molecular weight is 604 g/mol. The first kappa shape index (κ1) is 31.3. The first-order chi connectivity index (χ1) is 19.6. The van der Waals surface area contributed by atoms with Crippen molar-refractivity contribution >= 4 is 63.8 Å². The highest BCUT2D eigenvalue weighted by atomic mass is 35.5. The molecule has 0 aliphatic carbocycles. The van der Waals surface area contributed by atoms with E-state index in [9.17, 15) is 9.59 Å². The second-order valence-electron chi connectivity index (χ2n) is 8.71. The third kappa shape index (κ3) is 8.13. The summed E-state index contributed by atoms with van der Waals surface area (Å²) in [5.74, 6) is 1.26. The number of halogens is 2. The molecular formula is C27H31Cl2N7O5. The number of anilines is 5. The number of hydrogen-bond acceptors (Lipinski definition) is 9. The zero-order valence-corrected chi connectivity index (χ0v) is 24.8. The Balaban J connectivity index is 1.82. The van der Waals surface area contributed by atoms with Gasteiger partial charge in [-0.15, -0.1) is 0 Å². The Morgan fingerprint density at radius 1 is 0.951 bits per heavy atom. The maximum Gasteiger partial charge on any atom is 0.327 e. The van der Waals surface area contributed by atoms with Gasteiger partial charge in [0.2, 0.25) is 5.91 Å². The van der Waals surface area contributed by atoms with Gasteiger partial charge in [-0.3, -0.25) is 15.0 Å². The molecular weight excluding hydrogens is 573 g/mol. The van der Waals surface area contributed by atoms with Crippen LogP contribution >= 0.6 is 23.2 Å². The summed E-state index contributed by atoms with van der Waals surface area (Å²) in [6, 6.07) is 7.63. The van der Waals surface area contributed by atoms with Crippen molar-refractivity contribution in [3.05, 3.63) is 59.4 Å². The number of benzene rings is 2. The summed E-state index contributed by atoms with van der Waals surface area (Å²) < 4.78 is 16.3. The molecule has 41 heavy (non-hydrogen) atoms. The van der Waals surface area contributed by atoms with Crippen LogP contribution in [0.25, 0.3) is 0 Å². The Hall–Kier alpha value is -4.26. The highest BCUT2D eigenvalue weighted by Crippen LogP contribution is 2.45. The molecule has 0 atom stereocenters. The SMILES string of the molecule is C=CC(=O)Nc1cc(OCCN(C)C)ccc1Nc1cc(NC(=O)N(C)c2c(Cl)c(OC)cc(OC)c2Cl)ncn1. The monoisotopic (exact) mass is 603 g/mol. The summed E-state index contributed by atoms with van der Waals surface area (Å²) >= 11 is 12.9. The lowest BCUT2D eigenvalue weighted by Crippen LogP contribution is -2.32. The molecule has 2 aromatic carbocycles. The van der Waals surface area contributed by atoms with Crippen LogP contribution in [0.3, 0.4) is 0 Å². The zero-order chi connectivity index (χ0) is 30.1. The molecule has 0 aliphatic heterocycles. The summed E-state index contributed by atoms with van der Waals surface area (Å²) in [7, 11) is 8.26. The molecule has 1 heterocycles. The lowest BCUT2D eigenvalue weighted by Gasteiger charge is -2.23. The van der Waals surface area contributed by atoms with Crippen molar-refractivity contribution in [2.75, 3.05) is 69.4 Å². The number of amides is 3. The van der Waals surface area contributed by atoms with Crippen LogP contribution in [-0.4, -0.2) is 75.3 Å². The van der Waals surface area contributed by atoms with Crippen LogP contribution in [0.5, 0.6) is 17.2 Å². The van der Waals surface area contributed by atoms with E-state index in [-0.39, 0.29) is 33.0 Å². The van der Waals surface area contributed by atoms with E-state index in [1.54, 1.807) is 18.2 Å². The van der Waals surface area contributed by atoms with E-state index in [0.29, 0.717) is 29.5 Å². The minimum atomic E-state index is -0.591. The molecule has 0 radical (unpaired) electrons. The number of methoxy groups -OCH3 is 2. The quantitative estimate of drug-likeness (QED) is 0.237. The predicted molar refractivity (Wildman–Crippen MR) is 162 cm³/mol. The van der Waals surface area contributed by atoms with Gasteiger partial charge in [-0.05, 0) is 32.3 Å². The molecule has 3 aromatic rings. The number of likely N-dealkylation sites (N-methyl/N-ethyl adjacent to an activating group) is 1. The second kappa shape index (κ2) is 14.4. The van der Waals surface area contributed by atoms with Crippen molar-refractivity contribution in [2.24, 2.45) is 0 Å². The molecule has 0 saturated carbocycles. The molecule has 3 amide bonds. The molecule has 0 saturated heterocycles. The molecule has 14 heteroatoms. The van der Waals surface area contributed by atoms with Gasteiger partial charge in [0.1, 0.15) is 51.9 Å². The standard InChI is InChI=1S/C27H31Cl2N7O5/c1-7-23(37)33-18-12-16(41-11-10-35(2)3)8-9-17(18)32-21-14-22(31-15-30-21)34-27(38)36(4)26-24(28)19(39-5)13-20(40-6)25(26)29/h7-9,12-15H,1,10-11H2,2-6H3,(H,33,37)(H2,30,31,32,34,38). The van der Waals surface area contributed by atoms with Gasteiger partial charge >= 0.3 is 6.03 Å². The molecule has 0 spiro atoms. The van der Waals surface area contributed by atoms with Crippen molar-refractivity contribution in [3.63, 3.8) is 0 Å². The minimum absolute atomic E-state index is 0.129. The number of ether oxygens (including phenoxy) is 3. The van der Waals surface area contributed by atoms with Gasteiger partial charge in [0, 0.05) is 31.8 Å². The number of carbonyl (C=O) groups excluding carboxylic acids is 2. The lowest BCUT2D eigenvalue weighted by atomic mass is 10.2. The molecule has 0 fully saturated rings. The Morgan fingerprint density at radius 3 is 2.22 bits per heavy atom. The minimum Gasteiger partial charge on any atom is -0.495 e. The van der Waals surface area contributed by atoms with Gasteiger partial charge < -0.3 is 29.7 Å². The van der Waals surface area contributed by atoms with Crippen LogP contribution in [-0.2, 0) is 4.79 Å². The maximum atomic E-state index is 13.1. The summed E-state index contributed by atoms with van der Waals surface area (Å²) in [6.45, 7) is 4.70. The Bertz CT molecular complexity index is 1390. The van der Waals surface area contributed by atoms with E-state index in [1.165, 1.54) is 44.6 Å². The van der Waals surface area contributed by atoms with E-state index >= 15 is 0 Å². The molecule has 12 nitrogen and oxygen atoms in total. The van der Waals surface area contributed by atoms with Gasteiger partial charge in [-0.25, -0.2) is 14.8 Å². The van der Waals surface area contributed by atoms with E-state index in [4.69, 9.17) is 37.4 Å². The van der Waals surface area contributed by atoms with Crippen LogP contribution in [0.4, 0.5) is 33.5 Å². The van der Waals surface area contributed by atoms with E-state index in [1.807, 2.05) is 19.0 Å². The number of urea groups is 1. The van der Waals surface area contributed by atoms with E-state index < -0.39 is 11.9 Å². The van der Waals surface area contributed by atoms with Crippen molar-refractivity contribution < 1.29 is 23.8 Å². The van der Waals surface area contributed by atoms with Crippen molar-refractivity contribution in [3.8, 4) is 17.2 Å². The molecule has 0 bridgehead atoms. The van der Waals surface area contributed by atoms with Gasteiger partial charge in [0.25, 0.3) is 0 Å². The fraction of sp³-hybridized carbons (Fsp3) is 0.259.